The molecule has 0 aliphatic carbocycles. The van der Waals surface area contributed by atoms with Gasteiger partial charge in [0.2, 0.25) is 0 Å². The van der Waals surface area contributed by atoms with Crippen LogP contribution in [0.25, 0.3) is 0 Å². The number of furan rings is 1. The Morgan fingerprint density at radius 1 is 1.20 bits per heavy atom. The second-order valence-electron chi connectivity index (χ2n) is 5.18. The summed E-state index contributed by atoms with van der Waals surface area (Å²) in [6.07, 6.45) is 1.47. The van der Waals surface area contributed by atoms with Crippen LogP contribution in [0.3, 0.4) is 0 Å². The van der Waals surface area contributed by atoms with Gasteiger partial charge in [-0.05, 0) is 36.8 Å². The number of aliphatic imine (C=N–C) groups is 1. The third-order valence-electron chi connectivity index (χ3n) is 3.38. The van der Waals surface area contributed by atoms with E-state index in [0.717, 1.165) is 11.5 Å². The summed E-state index contributed by atoms with van der Waals surface area (Å²) >= 11 is 0. The molecule has 0 aliphatic rings. The summed E-state index contributed by atoms with van der Waals surface area (Å²) in [4.78, 5) is 16.1. The van der Waals surface area contributed by atoms with Crippen LogP contribution in [0, 0.1) is 0 Å². The first-order valence-corrected chi connectivity index (χ1v) is 8.19. The van der Waals surface area contributed by atoms with E-state index in [9.17, 15) is 4.79 Å². The molecule has 7 heteroatoms. The van der Waals surface area contributed by atoms with Crippen molar-refractivity contribution in [2.45, 2.75) is 13.5 Å². The number of nitrogens with zero attached hydrogens (tertiary/aromatic N) is 1. The molecular formula is C18H24N4O3. The van der Waals surface area contributed by atoms with Crippen molar-refractivity contribution in [3.05, 3.63) is 54.0 Å². The summed E-state index contributed by atoms with van der Waals surface area (Å²) in [7, 11) is 1.73. The van der Waals surface area contributed by atoms with Gasteiger partial charge in [-0.3, -0.25) is 9.79 Å². The van der Waals surface area contributed by atoms with Gasteiger partial charge in [0.05, 0.1) is 12.9 Å². The van der Waals surface area contributed by atoms with Crippen LogP contribution >= 0.6 is 0 Å². The van der Waals surface area contributed by atoms with Crippen LogP contribution in [0.1, 0.15) is 23.0 Å². The molecule has 0 fully saturated rings. The zero-order valence-corrected chi connectivity index (χ0v) is 14.5. The lowest BCUT2D eigenvalue weighted by Crippen LogP contribution is -2.38. The Labute approximate surface area is 147 Å². The van der Waals surface area contributed by atoms with E-state index in [2.05, 4.69) is 20.9 Å². The van der Waals surface area contributed by atoms with Gasteiger partial charge < -0.3 is 25.1 Å². The van der Waals surface area contributed by atoms with Crippen molar-refractivity contribution in [3.8, 4) is 0 Å². The van der Waals surface area contributed by atoms with Crippen LogP contribution in [-0.4, -0.2) is 38.7 Å². The first-order chi connectivity index (χ1) is 12.2. The molecule has 1 heterocycles. The van der Waals surface area contributed by atoms with Crippen molar-refractivity contribution in [1.29, 1.82) is 0 Å². The van der Waals surface area contributed by atoms with Crippen molar-refractivity contribution >= 4 is 17.6 Å². The monoisotopic (exact) mass is 344 g/mol. The highest BCUT2D eigenvalue weighted by atomic mass is 16.5. The lowest BCUT2D eigenvalue weighted by molar-refractivity contribution is 0.0996. The number of guanidine groups is 1. The van der Waals surface area contributed by atoms with Gasteiger partial charge in [-0.25, -0.2) is 0 Å². The van der Waals surface area contributed by atoms with Gasteiger partial charge in [-0.15, -0.1) is 0 Å². The Kier molecular flexibility index (Phi) is 7.52. The highest BCUT2D eigenvalue weighted by Crippen LogP contribution is 2.11. The van der Waals surface area contributed by atoms with Gasteiger partial charge >= 0.3 is 0 Å². The summed E-state index contributed by atoms with van der Waals surface area (Å²) in [6.45, 7) is 4.64. The van der Waals surface area contributed by atoms with Gasteiger partial charge in [0.1, 0.15) is 0 Å². The number of carbonyl (C=O) groups excluding carboxylic acids is 1. The number of carbonyl (C=O) groups is 1. The van der Waals surface area contributed by atoms with E-state index in [1.54, 1.807) is 19.2 Å². The molecule has 0 aliphatic heterocycles. The SMILES string of the molecule is CCOCCNC(=NC)NCc1ccc(NC(=O)c2ccco2)cc1. The smallest absolute Gasteiger partial charge is 0.291 e. The molecule has 0 unspecified atom stereocenters. The Hall–Kier alpha value is -2.80. The Morgan fingerprint density at radius 2 is 2.00 bits per heavy atom. The molecule has 0 bridgehead atoms. The van der Waals surface area contributed by atoms with Gasteiger partial charge in [0, 0.05) is 32.4 Å². The summed E-state index contributed by atoms with van der Waals surface area (Å²) in [6, 6.07) is 10.9. The van der Waals surface area contributed by atoms with Gasteiger partial charge in [-0.2, -0.15) is 0 Å². The molecule has 0 spiro atoms. The number of ether oxygens (including phenoxy) is 1. The van der Waals surface area contributed by atoms with Crippen LogP contribution in [0.5, 0.6) is 0 Å². The molecule has 1 amide bonds. The van der Waals surface area contributed by atoms with Crippen LogP contribution in [-0.2, 0) is 11.3 Å². The predicted octanol–water partition coefficient (Wildman–Crippen LogP) is 2.23. The average Bonchev–Trinajstić information content (AvgIpc) is 3.17. The van der Waals surface area contributed by atoms with Crippen LogP contribution in [0.15, 0.2) is 52.1 Å². The van der Waals surface area contributed by atoms with Crippen molar-refractivity contribution in [2.75, 3.05) is 32.1 Å². The molecule has 134 valence electrons. The molecule has 3 N–H and O–H groups in total. The third kappa shape index (κ3) is 6.31. The number of amides is 1. The molecule has 1 aromatic heterocycles. The lowest BCUT2D eigenvalue weighted by atomic mass is 10.2. The van der Waals surface area contributed by atoms with E-state index in [0.29, 0.717) is 32.0 Å². The van der Waals surface area contributed by atoms with E-state index >= 15 is 0 Å². The Bertz CT molecular complexity index is 666. The van der Waals surface area contributed by atoms with Crippen LogP contribution < -0.4 is 16.0 Å². The number of anilines is 1. The minimum absolute atomic E-state index is 0.269. The first-order valence-electron chi connectivity index (χ1n) is 8.19. The van der Waals surface area contributed by atoms with Gasteiger partial charge in [0.15, 0.2) is 11.7 Å². The summed E-state index contributed by atoms with van der Waals surface area (Å²) in [5.41, 5.74) is 1.79. The van der Waals surface area contributed by atoms with E-state index in [1.807, 2.05) is 31.2 Å². The lowest BCUT2D eigenvalue weighted by Gasteiger charge is -2.12. The molecule has 1 aromatic carbocycles. The van der Waals surface area contributed by atoms with Crippen molar-refractivity contribution in [2.24, 2.45) is 4.99 Å². The second-order valence-corrected chi connectivity index (χ2v) is 5.18. The van der Waals surface area contributed by atoms with Crippen molar-refractivity contribution in [1.82, 2.24) is 10.6 Å². The molecule has 0 atom stereocenters. The molecular weight excluding hydrogens is 320 g/mol. The maximum Gasteiger partial charge on any atom is 0.291 e. The topological polar surface area (TPSA) is 87.9 Å². The Balaban J connectivity index is 1.78. The minimum atomic E-state index is -0.269. The molecule has 0 saturated heterocycles. The zero-order valence-electron chi connectivity index (χ0n) is 14.5. The average molecular weight is 344 g/mol. The first kappa shape index (κ1) is 18.5. The normalized spacial score (nSPS) is 11.2. The van der Waals surface area contributed by atoms with Crippen LogP contribution in [0.4, 0.5) is 5.69 Å². The fraction of sp³-hybridized carbons (Fsp3) is 0.333. The number of hydrogen-bond acceptors (Lipinski definition) is 4. The fourth-order valence-electron chi connectivity index (χ4n) is 2.10. The fourth-order valence-corrected chi connectivity index (χ4v) is 2.10. The predicted molar refractivity (Wildman–Crippen MR) is 97.8 cm³/mol. The molecule has 0 saturated carbocycles. The molecule has 7 nitrogen and oxygen atoms in total. The number of hydrogen-bond donors (Lipinski definition) is 3. The third-order valence-corrected chi connectivity index (χ3v) is 3.38. The van der Waals surface area contributed by atoms with E-state index < -0.39 is 0 Å². The molecule has 2 aromatic rings. The Morgan fingerprint density at radius 3 is 2.64 bits per heavy atom. The van der Waals surface area contributed by atoms with Gasteiger partial charge in [0.25, 0.3) is 5.91 Å². The number of benzene rings is 1. The van der Waals surface area contributed by atoms with E-state index in [1.165, 1.54) is 6.26 Å². The highest BCUT2D eigenvalue weighted by Gasteiger charge is 2.08. The molecule has 2 rings (SSSR count). The standard InChI is InChI=1S/C18H24N4O3/c1-3-24-12-10-20-18(19-2)21-13-14-6-8-15(9-7-14)22-17(23)16-5-4-11-25-16/h4-9,11H,3,10,12-13H2,1-2H3,(H,22,23)(H2,19,20,21). The minimum Gasteiger partial charge on any atom is -0.459 e. The van der Waals surface area contributed by atoms with E-state index in [4.69, 9.17) is 9.15 Å². The van der Waals surface area contributed by atoms with Crippen molar-refractivity contribution < 1.29 is 13.9 Å². The summed E-state index contributed by atoms with van der Waals surface area (Å²) < 4.78 is 10.3. The zero-order chi connectivity index (χ0) is 17.9. The molecule has 25 heavy (non-hydrogen) atoms. The van der Waals surface area contributed by atoms with Crippen molar-refractivity contribution in [3.63, 3.8) is 0 Å². The maximum absolute atomic E-state index is 11.9. The summed E-state index contributed by atoms with van der Waals surface area (Å²) in [5.74, 6) is 0.734. The van der Waals surface area contributed by atoms with Crippen LogP contribution in [0.2, 0.25) is 0 Å². The van der Waals surface area contributed by atoms with E-state index in [-0.39, 0.29) is 11.7 Å². The quantitative estimate of drug-likeness (QED) is 0.388. The number of rotatable bonds is 8. The molecule has 0 radical (unpaired) electrons. The second kappa shape index (κ2) is 10.1. The maximum atomic E-state index is 11.9. The highest BCUT2D eigenvalue weighted by molar-refractivity contribution is 6.02. The summed E-state index contributed by atoms with van der Waals surface area (Å²) in [5, 5.41) is 9.18. The number of nitrogens with one attached hydrogen (secondary N) is 3. The largest absolute Gasteiger partial charge is 0.459 e. The van der Waals surface area contributed by atoms with Gasteiger partial charge in [-0.1, -0.05) is 12.1 Å².